The number of imidazole rings is 1. The first kappa shape index (κ1) is 14.8. The van der Waals surface area contributed by atoms with Crippen molar-refractivity contribution in [3.05, 3.63) is 53.1 Å². The van der Waals surface area contributed by atoms with Gasteiger partial charge in [0.1, 0.15) is 6.54 Å². The number of hydrogen-bond donors (Lipinski definition) is 2. The van der Waals surface area contributed by atoms with E-state index < -0.39 is 5.91 Å². The van der Waals surface area contributed by atoms with Crippen LogP contribution in [0.15, 0.2) is 47.4 Å². The number of aromatic nitrogens is 3. The van der Waals surface area contributed by atoms with Gasteiger partial charge in [0.25, 0.3) is 0 Å². The van der Waals surface area contributed by atoms with Crippen LogP contribution in [-0.2, 0) is 17.9 Å². The molecule has 0 unspecified atom stereocenters. The summed E-state index contributed by atoms with van der Waals surface area (Å²) >= 11 is 0. The first-order valence-electron chi connectivity index (χ1n) is 7.23. The van der Waals surface area contributed by atoms with Gasteiger partial charge in [0.2, 0.25) is 5.91 Å². The molecule has 1 amide bonds. The van der Waals surface area contributed by atoms with Crippen molar-refractivity contribution >= 4 is 22.8 Å². The Labute approximate surface area is 131 Å². The molecule has 2 N–H and O–H groups in total. The maximum atomic E-state index is 12.5. The summed E-state index contributed by atoms with van der Waals surface area (Å²) in [5.41, 5.74) is 1.24. The minimum absolute atomic E-state index is 0.0739. The maximum Gasteiger partial charge on any atom is 0.329 e. The van der Waals surface area contributed by atoms with E-state index in [9.17, 15) is 14.7 Å². The van der Waals surface area contributed by atoms with Crippen LogP contribution < -0.4 is 11.0 Å². The zero-order valence-electron chi connectivity index (χ0n) is 12.6. The standard InChI is InChI=1S/C16H16N4O3/c1-2-19-11-6-3-4-7-12(11)20(16(19)23)10-14(22)18-15-13(21)8-5-9-17-15/h3-9,21H,2,10H2,1H3,(H,17,18,22). The number of aromatic hydroxyl groups is 1. The Balaban J connectivity index is 1.93. The summed E-state index contributed by atoms with van der Waals surface area (Å²) in [6.45, 7) is 2.25. The maximum absolute atomic E-state index is 12.5. The Morgan fingerprint density at radius 1 is 1.17 bits per heavy atom. The van der Waals surface area contributed by atoms with Gasteiger partial charge in [0, 0.05) is 12.7 Å². The van der Waals surface area contributed by atoms with Crippen LogP contribution in [0.1, 0.15) is 6.92 Å². The molecule has 2 aromatic heterocycles. The molecule has 7 nitrogen and oxygen atoms in total. The average molecular weight is 312 g/mol. The molecule has 118 valence electrons. The number of amides is 1. The summed E-state index contributed by atoms with van der Waals surface area (Å²) < 4.78 is 3.02. The smallest absolute Gasteiger partial charge is 0.329 e. The van der Waals surface area contributed by atoms with E-state index in [0.717, 1.165) is 5.52 Å². The lowest BCUT2D eigenvalue weighted by molar-refractivity contribution is -0.116. The summed E-state index contributed by atoms with van der Waals surface area (Å²) in [7, 11) is 0. The third-order valence-corrected chi connectivity index (χ3v) is 3.59. The summed E-state index contributed by atoms with van der Waals surface area (Å²) in [4.78, 5) is 28.5. The van der Waals surface area contributed by atoms with Crippen LogP contribution in [0, 0.1) is 0 Å². The van der Waals surface area contributed by atoms with Crippen LogP contribution in [0.3, 0.4) is 0 Å². The van der Waals surface area contributed by atoms with Gasteiger partial charge < -0.3 is 10.4 Å². The number of pyridine rings is 1. The van der Waals surface area contributed by atoms with Crippen molar-refractivity contribution in [1.29, 1.82) is 0 Å². The highest BCUT2D eigenvalue weighted by Gasteiger charge is 2.15. The molecular formula is C16H16N4O3. The fourth-order valence-electron chi connectivity index (χ4n) is 2.54. The van der Waals surface area contributed by atoms with Gasteiger partial charge >= 0.3 is 5.69 Å². The fraction of sp³-hybridized carbons (Fsp3) is 0.188. The monoisotopic (exact) mass is 312 g/mol. The number of nitrogens with zero attached hydrogens (tertiary/aromatic N) is 3. The summed E-state index contributed by atoms with van der Waals surface area (Å²) in [5, 5.41) is 12.2. The van der Waals surface area contributed by atoms with Gasteiger partial charge in [-0.25, -0.2) is 9.78 Å². The van der Waals surface area contributed by atoms with Crippen molar-refractivity contribution in [2.45, 2.75) is 20.0 Å². The zero-order valence-corrected chi connectivity index (χ0v) is 12.6. The molecule has 0 fully saturated rings. The van der Waals surface area contributed by atoms with E-state index in [1.807, 2.05) is 25.1 Å². The van der Waals surface area contributed by atoms with Gasteiger partial charge in [0.15, 0.2) is 11.6 Å². The van der Waals surface area contributed by atoms with Gasteiger partial charge in [-0.2, -0.15) is 0 Å². The normalized spacial score (nSPS) is 10.8. The number of para-hydroxylation sites is 2. The number of fused-ring (bicyclic) bond motifs is 1. The molecule has 1 aromatic carbocycles. The Morgan fingerprint density at radius 3 is 2.52 bits per heavy atom. The van der Waals surface area contributed by atoms with Crippen molar-refractivity contribution in [2.24, 2.45) is 0 Å². The number of aryl methyl sites for hydroxylation is 1. The Morgan fingerprint density at radius 2 is 1.87 bits per heavy atom. The van der Waals surface area contributed by atoms with E-state index >= 15 is 0 Å². The van der Waals surface area contributed by atoms with Gasteiger partial charge in [-0.1, -0.05) is 12.1 Å². The molecule has 0 aliphatic carbocycles. The van der Waals surface area contributed by atoms with Crippen molar-refractivity contribution in [2.75, 3.05) is 5.32 Å². The molecule has 0 atom stereocenters. The highest BCUT2D eigenvalue weighted by atomic mass is 16.3. The predicted molar refractivity (Wildman–Crippen MR) is 86.4 cm³/mol. The van der Waals surface area contributed by atoms with Crippen LogP contribution >= 0.6 is 0 Å². The van der Waals surface area contributed by atoms with Crippen LogP contribution in [-0.4, -0.2) is 25.1 Å². The number of carbonyl (C=O) groups excluding carboxylic acids is 1. The van der Waals surface area contributed by atoms with Crippen LogP contribution in [0.5, 0.6) is 5.75 Å². The van der Waals surface area contributed by atoms with Gasteiger partial charge in [0.05, 0.1) is 11.0 Å². The molecule has 3 aromatic rings. The second-order valence-electron chi connectivity index (χ2n) is 5.02. The Hall–Kier alpha value is -3.09. The molecule has 0 aliphatic heterocycles. The van der Waals surface area contributed by atoms with Gasteiger partial charge in [-0.05, 0) is 31.2 Å². The van der Waals surface area contributed by atoms with E-state index in [0.29, 0.717) is 12.1 Å². The summed E-state index contributed by atoms with van der Waals surface area (Å²) in [5.74, 6) is -0.478. The summed E-state index contributed by atoms with van der Waals surface area (Å²) in [6.07, 6.45) is 1.46. The minimum Gasteiger partial charge on any atom is -0.504 e. The van der Waals surface area contributed by atoms with E-state index in [1.165, 1.54) is 16.8 Å². The lowest BCUT2D eigenvalue weighted by Gasteiger charge is -2.06. The molecule has 23 heavy (non-hydrogen) atoms. The molecule has 3 rings (SSSR count). The van der Waals surface area contributed by atoms with Gasteiger partial charge in [-0.3, -0.25) is 13.9 Å². The molecule has 0 saturated carbocycles. The molecular weight excluding hydrogens is 296 g/mol. The molecule has 0 saturated heterocycles. The minimum atomic E-state index is -0.430. The first-order valence-corrected chi connectivity index (χ1v) is 7.23. The van der Waals surface area contributed by atoms with Crippen LogP contribution in [0.25, 0.3) is 11.0 Å². The number of nitrogens with one attached hydrogen (secondary N) is 1. The molecule has 2 heterocycles. The van der Waals surface area contributed by atoms with Crippen molar-refractivity contribution in [3.8, 4) is 5.75 Å². The lowest BCUT2D eigenvalue weighted by atomic mass is 10.3. The number of hydrogen-bond acceptors (Lipinski definition) is 4. The number of carbonyl (C=O) groups is 1. The van der Waals surface area contributed by atoms with E-state index in [2.05, 4.69) is 10.3 Å². The number of benzene rings is 1. The van der Waals surface area contributed by atoms with E-state index in [-0.39, 0.29) is 23.8 Å². The molecule has 0 radical (unpaired) electrons. The third kappa shape index (κ3) is 2.68. The highest BCUT2D eigenvalue weighted by molar-refractivity contribution is 5.91. The molecule has 7 heteroatoms. The topological polar surface area (TPSA) is 89.2 Å². The Kier molecular flexibility index (Phi) is 3.84. The molecule has 0 bridgehead atoms. The fourth-order valence-corrected chi connectivity index (χ4v) is 2.54. The molecule has 0 spiro atoms. The zero-order chi connectivity index (χ0) is 16.4. The highest BCUT2D eigenvalue weighted by Crippen LogP contribution is 2.18. The number of rotatable bonds is 4. The second kappa shape index (κ2) is 5.96. The SMILES string of the molecule is CCn1c(=O)n(CC(=O)Nc2ncccc2O)c2ccccc21. The largest absolute Gasteiger partial charge is 0.504 e. The van der Waals surface area contributed by atoms with Crippen molar-refractivity contribution in [3.63, 3.8) is 0 Å². The van der Waals surface area contributed by atoms with E-state index in [1.54, 1.807) is 16.7 Å². The first-order chi connectivity index (χ1) is 11.1. The molecule has 0 aliphatic rings. The third-order valence-electron chi connectivity index (χ3n) is 3.59. The lowest BCUT2D eigenvalue weighted by Crippen LogP contribution is -2.29. The predicted octanol–water partition coefficient (Wildman–Crippen LogP) is 1.56. The van der Waals surface area contributed by atoms with Crippen molar-refractivity contribution < 1.29 is 9.90 Å². The van der Waals surface area contributed by atoms with Crippen LogP contribution in [0.4, 0.5) is 5.82 Å². The second-order valence-corrected chi connectivity index (χ2v) is 5.02. The van der Waals surface area contributed by atoms with E-state index in [4.69, 9.17) is 0 Å². The Bertz CT molecular complexity index is 926. The van der Waals surface area contributed by atoms with Gasteiger partial charge in [-0.15, -0.1) is 0 Å². The quantitative estimate of drug-likeness (QED) is 0.765. The van der Waals surface area contributed by atoms with Crippen molar-refractivity contribution in [1.82, 2.24) is 14.1 Å². The van der Waals surface area contributed by atoms with Crippen LogP contribution in [0.2, 0.25) is 0 Å². The average Bonchev–Trinajstić information content (AvgIpc) is 2.81. The summed E-state index contributed by atoms with van der Waals surface area (Å²) in [6, 6.07) is 10.3. The number of anilines is 1.